The van der Waals surface area contributed by atoms with E-state index in [1.807, 2.05) is 30.3 Å². The lowest BCUT2D eigenvalue weighted by atomic mass is 10.3. The van der Waals surface area contributed by atoms with E-state index < -0.39 is 0 Å². The Bertz CT molecular complexity index is 553. The molecular weight excluding hydrogens is 270 g/mol. The minimum Gasteiger partial charge on any atom is -0.493 e. The minimum absolute atomic E-state index is 0.0741. The van der Waals surface area contributed by atoms with Crippen LogP contribution in [-0.2, 0) is 4.79 Å². The van der Waals surface area contributed by atoms with Gasteiger partial charge in [-0.3, -0.25) is 4.79 Å². The van der Waals surface area contributed by atoms with Crippen molar-refractivity contribution in [2.75, 3.05) is 6.61 Å². The summed E-state index contributed by atoms with van der Waals surface area (Å²) in [6, 6.07) is 14.1. The summed E-state index contributed by atoms with van der Waals surface area (Å²) in [6.45, 7) is 0.423. The Morgan fingerprint density at radius 2 is 2.10 bits per heavy atom. The van der Waals surface area contributed by atoms with Crippen LogP contribution >= 0.6 is 11.3 Å². The number of benzene rings is 1. The van der Waals surface area contributed by atoms with Gasteiger partial charge < -0.3 is 10.1 Å². The lowest BCUT2D eigenvalue weighted by Gasteiger charge is -2.06. The molecule has 1 aromatic carbocycles. The van der Waals surface area contributed by atoms with Gasteiger partial charge in [0.05, 0.1) is 13.0 Å². The molecule has 1 N–H and O–H groups in total. The van der Waals surface area contributed by atoms with Crippen LogP contribution < -0.4 is 10.1 Å². The lowest BCUT2D eigenvalue weighted by Crippen LogP contribution is -2.27. The number of ether oxygens (including phenoxy) is 1. The molecule has 20 heavy (non-hydrogen) atoms. The Kier molecular flexibility index (Phi) is 4.02. The second-order valence-electron chi connectivity index (χ2n) is 4.94. The molecule has 4 heteroatoms. The zero-order chi connectivity index (χ0) is 13.8. The first-order valence-corrected chi connectivity index (χ1v) is 7.71. The third-order valence-electron chi connectivity index (χ3n) is 3.39. The van der Waals surface area contributed by atoms with E-state index in [0.717, 1.165) is 12.2 Å². The van der Waals surface area contributed by atoms with Gasteiger partial charge >= 0.3 is 0 Å². The van der Waals surface area contributed by atoms with Crippen molar-refractivity contribution in [1.82, 2.24) is 5.32 Å². The molecule has 1 saturated carbocycles. The van der Waals surface area contributed by atoms with Crippen molar-refractivity contribution in [3.63, 3.8) is 0 Å². The Morgan fingerprint density at radius 3 is 2.85 bits per heavy atom. The number of nitrogens with one attached hydrogen (secondary N) is 1. The highest BCUT2D eigenvalue weighted by Crippen LogP contribution is 2.42. The molecule has 1 fully saturated rings. The molecule has 2 unspecified atom stereocenters. The monoisotopic (exact) mass is 287 g/mol. The van der Waals surface area contributed by atoms with Crippen molar-refractivity contribution in [1.29, 1.82) is 0 Å². The number of hydrogen-bond acceptors (Lipinski definition) is 3. The summed E-state index contributed by atoms with van der Waals surface area (Å²) in [5.41, 5.74) is 0. The maximum atomic E-state index is 11.8. The Hall–Kier alpha value is -1.81. The predicted octanol–water partition coefficient (Wildman–Crippen LogP) is 3.19. The average molecular weight is 287 g/mol. The summed E-state index contributed by atoms with van der Waals surface area (Å²) in [7, 11) is 0. The lowest BCUT2D eigenvalue weighted by molar-refractivity contribution is -0.121. The van der Waals surface area contributed by atoms with Gasteiger partial charge in [0.2, 0.25) is 5.91 Å². The minimum atomic E-state index is 0.0741. The zero-order valence-electron chi connectivity index (χ0n) is 11.1. The highest BCUT2D eigenvalue weighted by molar-refractivity contribution is 7.10. The van der Waals surface area contributed by atoms with E-state index in [1.54, 1.807) is 11.3 Å². The maximum absolute atomic E-state index is 11.8. The summed E-state index contributed by atoms with van der Waals surface area (Å²) < 4.78 is 5.52. The molecule has 3 nitrogen and oxygen atoms in total. The molecule has 1 heterocycles. The fraction of sp³-hybridized carbons (Fsp3) is 0.312. The van der Waals surface area contributed by atoms with Gasteiger partial charge in [0, 0.05) is 16.8 Å². The standard InChI is InChI=1S/C16H17NO2S/c18-16(8-9-19-12-5-2-1-3-6-12)17-14-11-13(14)15-7-4-10-20-15/h1-7,10,13-14H,8-9,11H2,(H,17,18). The molecule has 0 radical (unpaired) electrons. The number of para-hydroxylation sites is 1. The van der Waals surface area contributed by atoms with Gasteiger partial charge in [-0.05, 0) is 30.0 Å². The van der Waals surface area contributed by atoms with E-state index in [-0.39, 0.29) is 5.91 Å². The van der Waals surface area contributed by atoms with Gasteiger partial charge in [0.15, 0.2) is 0 Å². The van der Waals surface area contributed by atoms with Crippen LogP contribution in [0.4, 0.5) is 0 Å². The Morgan fingerprint density at radius 1 is 1.25 bits per heavy atom. The van der Waals surface area contributed by atoms with Gasteiger partial charge in [-0.1, -0.05) is 24.3 Å². The molecule has 0 spiro atoms. The normalized spacial score (nSPS) is 20.4. The van der Waals surface area contributed by atoms with Gasteiger partial charge in [-0.25, -0.2) is 0 Å². The van der Waals surface area contributed by atoms with Crippen LogP contribution in [0.25, 0.3) is 0 Å². The molecule has 1 aliphatic carbocycles. The summed E-state index contributed by atoms with van der Waals surface area (Å²) in [5, 5.41) is 5.15. The summed E-state index contributed by atoms with van der Waals surface area (Å²) in [6.07, 6.45) is 1.47. The van der Waals surface area contributed by atoms with Crippen molar-refractivity contribution in [3.05, 3.63) is 52.7 Å². The van der Waals surface area contributed by atoms with Crippen LogP contribution in [0.2, 0.25) is 0 Å². The first-order chi connectivity index (χ1) is 9.83. The molecular formula is C16H17NO2S. The highest BCUT2D eigenvalue weighted by Gasteiger charge is 2.39. The van der Waals surface area contributed by atoms with Crippen LogP contribution in [0, 0.1) is 0 Å². The molecule has 0 aliphatic heterocycles. The molecule has 2 atom stereocenters. The van der Waals surface area contributed by atoms with Gasteiger partial charge in [0.25, 0.3) is 0 Å². The van der Waals surface area contributed by atoms with Gasteiger partial charge in [0.1, 0.15) is 5.75 Å². The second-order valence-corrected chi connectivity index (χ2v) is 5.92. The topological polar surface area (TPSA) is 38.3 Å². The van der Waals surface area contributed by atoms with E-state index in [0.29, 0.717) is 25.0 Å². The van der Waals surface area contributed by atoms with Crippen LogP contribution in [0.3, 0.4) is 0 Å². The zero-order valence-corrected chi connectivity index (χ0v) is 11.9. The molecule has 1 aromatic heterocycles. The van der Waals surface area contributed by atoms with Crippen LogP contribution in [0.15, 0.2) is 47.8 Å². The summed E-state index contributed by atoms with van der Waals surface area (Å²) in [4.78, 5) is 13.2. The van der Waals surface area contributed by atoms with Crippen molar-refractivity contribution >= 4 is 17.2 Å². The number of hydrogen-bond donors (Lipinski definition) is 1. The van der Waals surface area contributed by atoms with Crippen molar-refractivity contribution in [2.24, 2.45) is 0 Å². The van der Waals surface area contributed by atoms with Crippen LogP contribution in [-0.4, -0.2) is 18.6 Å². The fourth-order valence-electron chi connectivity index (χ4n) is 2.23. The average Bonchev–Trinajstić information content (AvgIpc) is 3.01. The molecule has 0 bridgehead atoms. The summed E-state index contributed by atoms with van der Waals surface area (Å²) in [5.74, 6) is 1.40. The van der Waals surface area contributed by atoms with Gasteiger partial charge in [-0.2, -0.15) is 0 Å². The van der Waals surface area contributed by atoms with Crippen molar-refractivity contribution < 1.29 is 9.53 Å². The fourth-order valence-corrected chi connectivity index (χ4v) is 3.14. The smallest absolute Gasteiger partial charge is 0.223 e. The van der Waals surface area contributed by atoms with Crippen LogP contribution in [0.5, 0.6) is 5.75 Å². The van der Waals surface area contributed by atoms with Crippen molar-refractivity contribution in [2.45, 2.75) is 24.8 Å². The Balaban J connectivity index is 1.36. The molecule has 2 aromatic rings. The van der Waals surface area contributed by atoms with Gasteiger partial charge in [-0.15, -0.1) is 11.3 Å². The quantitative estimate of drug-likeness (QED) is 0.886. The van der Waals surface area contributed by atoms with E-state index >= 15 is 0 Å². The molecule has 1 aliphatic rings. The van der Waals surface area contributed by atoms with E-state index in [1.165, 1.54) is 4.88 Å². The molecule has 1 amide bonds. The molecule has 0 saturated heterocycles. The highest BCUT2D eigenvalue weighted by atomic mass is 32.1. The number of thiophene rings is 1. The second kappa shape index (κ2) is 6.09. The van der Waals surface area contributed by atoms with Crippen LogP contribution in [0.1, 0.15) is 23.6 Å². The third-order valence-corrected chi connectivity index (χ3v) is 4.39. The first kappa shape index (κ1) is 13.2. The largest absolute Gasteiger partial charge is 0.493 e. The van der Waals surface area contributed by atoms with Crippen molar-refractivity contribution in [3.8, 4) is 5.75 Å². The SMILES string of the molecule is O=C(CCOc1ccccc1)NC1CC1c1cccs1. The summed E-state index contributed by atoms with van der Waals surface area (Å²) >= 11 is 1.76. The van der Waals surface area contributed by atoms with E-state index in [2.05, 4.69) is 22.8 Å². The molecule has 104 valence electrons. The number of carbonyl (C=O) groups excluding carboxylic acids is 1. The molecule has 3 rings (SSSR count). The third kappa shape index (κ3) is 3.39. The van der Waals surface area contributed by atoms with E-state index in [9.17, 15) is 4.79 Å². The first-order valence-electron chi connectivity index (χ1n) is 6.83. The maximum Gasteiger partial charge on any atom is 0.223 e. The number of amides is 1. The number of carbonyl (C=O) groups is 1. The number of rotatable bonds is 6. The predicted molar refractivity (Wildman–Crippen MR) is 80.2 cm³/mol. The Labute approximate surface area is 122 Å². The van der Waals surface area contributed by atoms with E-state index in [4.69, 9.17) is 4.74 Å².